The topological polar surface area (TPSA) is 65.0 Å². The first kappa shape index (κ1) is 15.0. The van der Waals surface area contributed by atoms with Crippen molar-refractivity contribution in [1.82, 2.24) is 0 Å². The summed E-state index contributed by atoms with van der Waals surface area (Å²) in [5.41, 5.74) is 2.45. The number of Topliss-reactive ketones (excluding diaryl/α,β-unsaturated/α-hetero) is 1. The second-order valence-electron chi connectivity index (χ2n) is 5.19. The van der Waals surface area contributed by atoms with Gasteiger partial charge in [0.2, 0.25) is 5.78 Å². The minimum absolute atomic E-state index is 0.203. The molecule has 0 spiro atoms. The number of oxime groups is 1. The van der Waals surface area contributed by atoms with Gasteiger partial charge in [0.15, 0.2) is 0 Å². The molecule has 114 valence electrons. The van der Waals surface area contributed by atoms with Gasteiger partial charge in [0.25, 0.3) is 6.71 Å². The number of ether oxygens (including phenoxy) is 1. The summed E-state index contributed by atoms with van der Waals surface area (Å²) in [4.78, 5) is 28.4. The molecule has 0 N–H and O–H groups in total. The minimum atomic E-state index is -0.564. The average Bonchev–Trinajstić information content (AvgIpc) is 2.85. The van der Waals surface area contributed by atoms with Crippen LogP contribution in [0.25, 0.3) is 0 Å². The third-order valence-electron chi connectivity index (χ3n) is 3.73. The van der Waals surface area contributed by atoms with Crippen LogP contribution in [0, 0.1) is 0 Å². The Morgan fingerprint density at radius 1 is 1.13 bits per heavy atom. The number of benzene rings is 2. The number of ketones is 1. The van der Waals surface area contributed by atoms with E-state index in [0.717, 1.165) is 10.9 Å². The normalized spacial score (nSPS) is 14.8. The van der Waals surface area contributed by atoms with Gasteiger partial charge in [-0.1, -0.05) is 46.4 Å². The molecule has 0 bridgehead atoms. The molecule has 0 amide bonds. The Labute approximate surface area is 134 Å². The maximum atomic E-state index is 12.6. The predicted molar refractivity (Wildman–Crippen MR) is 88.0 cm³/mol. The van der Waals surface area contributed by atoms with Crippen LogP contribution in [0.5, 0.6) is 5.75 Å². The maximum absolute atomic E-state index is 12.6. The standard InChI is InChI=1S/C17H14BNO4/c1-11(20)23-19-17-16(21)14-9-8-13(22-2)10-15(14)18(17)12-6-4-3-5-7-12/h3-10H,1-2H3/b19-17+. The minimum Gasteiger partial charge on any atom is -0.497 e. The molecule has 2 aromatic rings. The van der Waals surface area contributed by atoms with E-state index in [1.807, 2.05) is 36.4 Å². The molecule has 0 saturated heterocycles. The van der Waals surface area contributed by atoms with Crippen molar-refractivity contribution in [2.24, 2.45) is 5.16 Å². The van der Waals surface area contributed by atoms with Crippen molar-refractivity contribution in [3.05, 3.63) is 54.1 Å². The number of carbonyl (C=O) groups is 2. The quantitative estimate of drug-likeness (QED) is 0.481. The fourth-order valence-electron chi connectivity index (χ4n) is 2.72. The number of hydrogen-bond donors (Lipinski definition) is 0. The lowest BCUT2D eigenvalue weighted by Gasteiger charge is -2.09. The van der Waals surface area contributed by atoms with Gasteiger partial charge in [0, 0.05) is 12.5 Å². The van der Waals surface area contributed by atoms with Crippen LogP contribution in [0.2, 0.25) is 0 Å². The van der Waals surface area contributed by atoms with Crippen LogP contribution in [-0.2, 0) is 9.63 Å². The van der Waals surface area contributed by atoms with Crippen molar-refractivity contribution in [3.8, 4) is 5.75 Å². The van der Waals surface area contributed by atoms with Crippen molar-refractivity contribution < 1.29 is 19.2 Å². The highest BCUT2D eigenvalue weighted by molar-refractivity contribution is 7.20. The molecule has 0 radical (unpaired) electrons. The molecule has 1 heterocycles. The highest BCUT2D eigenvalue weighted by atomic mass is 16.7. The maximum Gasteiger partial charge on any atom is 0.331 e. The molecular formula is C17H14BNO4. The molecule has 0 unspecified atom stereocenters. The van der Waals surface area contributed by atoms with Gasteiger partial charge in [-0.2, -0.15) is 0 Å². The van der Waals surface area contributed by atoms with Gasteiger partial charge in [0.05, 0.1) is 7.11 Å². The summed E-state index contributed by atoms with van der Waals surface area (Å²) < 4.78 is 5.26. The molecule has 5 nitrogen and oxygen atoms in total. The van der Waals surface area contributed by atoms with E-state index < -0.39 is 5.97 Å². The Morgan fingerprint density at radius 2 is 1.87 bits per heavy atom. The van der Waals surface area contributed by atoms with Crippen molar-refractivity contribution in [2.45, 2.75) is 6.92 Å². The van der Waals surface area contributed by atoms with Gasteiger partial charge in [0.1, 0.15) is 11.4 Å². The van der Waals surface area contributed by atoms with Crippen molar-refractivity contribution in [2.75, 3.05) is 7.11 Å². The third kappa shape index (κ3) is 2.75. The van der Waals surface area contributed by atoms with E-state index >= 15 is 0 Å². The fourth-order valence-corrected chi connectivity index (χ4v) is 2.72. The molecule has 1 aliphatic rings. The number of rotatable bonds is 3. The monoisotopic (exact) mass is 307 g/mol. The molecule has 6 heteroatoms. The molecule has 0 fully saturated rings. The molecule has 23 heavy (non-hydrogen) atoms. The number of methoxy groups -OCH3 is 1. The van der Waals surface area contributed by atoms with Gasteiger partial charge in [-0.3, -0.25) is 4.79 Å². The lowest BCUT2D eigenvalue weighted by Crippen LogP contribution is -2.46. The largest absolute Gasteiger partial charge is 0.497 e. The fraction of sp³-hybridized carbons (Fsp3) is 0.118. The summed E-state index contributed by atoms with van der Waals surface area (Å²) in [5, 5.41) is 3.81. The molecule has 0 aromatic heterocycles. The van der Waals surface area contributed by atoms with E-state index in [0.29, 0.717) is 11.3 Å². The molecule has 0 atom stereocenters. The Morgan fingerprint density at radius 3 is 2.52 bits per heavy atom. The molecule has 0 saturated carbocycles. The third-order valence-corrected chi connectivity index (χ3v) is 3.73. The SMILES string of the molecule is COc1ccc2c(c1)B(c1ccccc1)/C(=N/OC(C)=O)C2=O. The first-order valence-corrected chi connectivity index (χ1v) is 7.15. The van der Waals surface area contributed by atoms with E-state index in [9.17, 15) is 9.59 Å². The highest BCUT2D eigenvalue weighted by Crippen LogP contribution is 2.18. The summed E-state index contributed by atoms with van der Waals surface area (Å²) in [5.74, 6) is -0.144. The van der Waals surface area contributed by atoms with Gasteiger partial charge in [-0.15, -0.1) is 0 Å². The van der Waals surface area contributed by atoms with E-state index in [-0.39, 0.29) is 18.1 Å². The Kier molecular flexibility index (Phi) is 3.97. The number of carbonyl (C=O) groups excluding carboxylic acids is 2. The number of fused-ring (bicyclic) bond motifs is 1. The van der Waals surface area contributed by atoms with Crippen LogP contribution in [-0.4, -0.2) is 31.2 Å². The summed E-state index contributed by atoms with van der Waals surface area (Å²) in [6, 6.07) is 14.8. The summed E-state index contributed by atoms with van der Waals surface area (Å²) in [6.45, 7) is 0.866. The molecule has 1 aliphatic heterocycles. The zero-order valence-electron chi connectivity index (χ0n) is 12.8. The molecule has 0 aliphatic carbocycles. The van der Waals surface area contributed by atoms with Crippen molar-refractivity contribution in [1.29, 1.82) is 0 Å². The second-order valence-corrected chi connectivity index (χ2v) is 5.19. The Balaban J connectivity index is 2.16. The van der Waals surface area contributed by atoms with E-state index in [2.05, 4.69) is 5.16 Å². The molecule has 3 rings (SSSR count). The van der Waals surface area contributed by atoms with E-state index in [4.69, 9.17) is 9.57 Å². The number of hydrogen-bond acceptors (Lipinski definition) is 5. The lowest BCUT2D eigenvalue weighted by atomic mass is 9.40. The van der Waals surface area contributed by atoms with E-state index in [1.54, 1.807) is 19.2 Å². The predicted octanol–water partition coefficient (Wildman–Crippen LogP) is 0.959. The zero-order chi connectivity index (χ0) is 16.4. The van der Waals surface area contributed by atoms with Crippen LogP contribution in [0.4, 0.5) is 0 Å². The van der Waals surface area contributed by atoms with Gasteiger partial charge >= 0.3 is 5.97 Å². The van der Waals surface area contributed by atoms with Crippen LogP contribution in [0.1, 0.15) is 17.3 Å². The second kappa shape index (κ2) is 6.08. The van der Waals surface area contributed by atoms with Gasteiger partial charge in [-0.05, 0) is 18.2 Å². The van der Waals surface area contributed by atoms with Crippen LogP contribution >= 0.6 is 0 Å². The zero-order valence-corrected chi connectivity index (χ0v) is 12.8. The van der Waals surface area contributed by atoms with Crippen LogP contribution < -0.4 is 15.7 Å². The molecular weight excluding hydrogens is 293 g/mol. The lowest BCUT2D eigenvalue weighted by molar-refractivity contribution is -0.140. The van der Waals surface area contributed by atoms with Crippen molar-refractivity contribution in [3.63, 3.8) is 0 Å². The summed E-state index contributed by atoms with van der Waals surface area (Å²) >= 11 is 0. The number of nitrogens with zero attached hydrogens (tertiary/aromatic N) is 1. The first-order chi connectivity index (χ1) is 11.1. The Hall–Kier alpha value is -2.89. The van der Waals surface area contributed by atoms with Crippen LogP contribution in [0.3, 0.4) is 0 Å². The average molecular weight is 307 g/mol. The Bertz CT molecular complexity index is 801. The molecule has 2 aromatic carbocycles. The highest BCUT2D eigenvalue weighted by Gasteiger charge is 2.41. The smallest absolute Gasteiger partial charge is 0.331 e. The summed E-state index contributed by atoms with van der Waals surface area (Å²) in [6.07, 6.45) is 0. The first-order valence-electron chi connectivity index (χ1n) is 7.15. The summed E-state index contributed by atoms with van der Waals surface area (Å²) in [7, 11) is 1.57. The van der Waals surface area contributed by atoms with E-state index in [1.165, 1.54) is 6.92 Å². The van der Waals surface area contributed by atoms with Gasteiger partial charge < -0.3 is 9.57 Å². The van der Waals surface area contributed by atoms with Crippen LogP contribution in [0.15, 0.2) is 53.7 Å². The van der Waals surface area contributed by atoms with Gasteiger partial charge in [-0.25, -0.2) is 4.79 Å². The van der Waals surface area contributed by atoms with Crippen molar-refractivity contribution >= 4 is 35.0 Å².